The normalized spacial score (nSPS) is 16.2. The van der Waals surface area contributed by atoms with E-state index in [-0.39, 0.29) is 41.0 Å². The van der Waals surface area contributed by atoms with Gasteiger partial charge in [0.05, 0.1) is 16.8 Å². The minimum absolute atomic E-state index is 0.0240. The lowest BCUT2D eigenvalue weighted by Crippen LogP contribution is -2.29. The van der Waals surface area contributed by atoms with Gasteiger partial charge in [0, 0.05) is 41.7 Å². The van der Waals surface area contributed by atoms with Gasteiger partial charge in [0.25, 0.3) is 5.91 Å². The van der Waals surface area contributed by atoms with Crippen LogP contribution in [0.1, 0.15) is 67.1 Å². The standard InChI is InChI=1S/C31H37F3N4O6S/c1-30(2,3)43-29(40)38-24-10-9-19(17-37-11-7-6-8-12-37)13-20(24)15-25(38)22-14-21(18-36(4)5)27(23-16-35-28(39)26(22)23)44-45(41,42)31(32,33)34/h9-10,13-15H,6-8,11-12,16-18H2,1-5H3,(H,35,39). The average Bonchev–Trinajstić information content (AvgIpc) is 3.49. The number of hydrogen-bond acceptors (Lipinski definition) is 8. The van der Waals surface area contributed by atoms with Crippen LogP contribution in [-0.4, -0.2) is 73.1 Å². The number of rotatable bonds is 7. The van der Waals surface area contributed by atoms with Crippen molar-refractivity contribution in [2.45, 2.75) is 70.8 Å². The van der Waals surface area contributed by atoms with E-state index < -0.39 is 39.0 Å². The van der Waals surface area contributed by atoms with Gasteiger partial charge in [0.15, 0.2) is 5.75 Å². The molecule has 2 aliphatic rings. The predicted molar refractivity (Wildman–Crippen MR) is 162 cm³/mol. The number of piperidine rings is 1. The first-order valence-electron chi connectivity index (χ1n) is 14.7. The van der Waals surface area contributed by atoms with E-state index in [0.717, 1.165) is 38.0 Å². The first-order chi connectivity index (χ1) is 20.9. The Balaban J connectivity index is 1.73. The number of halogens is 3. The summed E-state index contributed by atoms with van der Waals surface area (Å²) in [6.07, 6.45) is 2.76. The highest BCUT2D eigenvalue weighted by molar-refractivity contribution is 7.88. The van der Waals surface area contributed by atoms with Crippen LogP contribution < -0.4 is 9.50 Å². The Morgan fingerprint density at radius 1 is 1.04 bits per heavy atom. The first kappa shape index (κ1) is 32.8. The van der Waals surface area contributed by atoms with Crippen molar-refractivity contribution in [1.82, 2.24) is 19.7 Å². The molecule has 0 bridgehead atoms. The number of carbonyl (C=O) groups is 2. The van der Waals surface area contributed by atoms with E-state index in [1.807, 2.05) is 18.2 Å². The van der Waals surface area contributed by atoms with Crippen molar-refractivity contribution in [1.29, 1.82) is 0 Å². The molecular formula is C31H37F3N4O6S. The molecular weight excluding hydrogens is 613 g/mol. The number of benzene rings is 2. The van der Waals surface area contributed by atoms with Gasteiger partial charge in [-0.25, -0.2) is 9.36 Å². The van der Waals surface area contributed by atoms with Crippen molar-refractivity contribution in [3.05, 3.63) is 52.6 Å². The van der Waals surface area contributed by atoms with E-state index in [9.17, 15) is 31.2 Å². The number of likely N-dealkylation sites (tertiary alicyclic amines) is 1. The third-order valence-corrected chi connectivity index (χ3v) is 8.60. The summed E-state index contributed by atoms with van der Waals surface area (Å²) in [5, 5.41) is 3.28. The lowest BCUT2D eigenvalue weighted by molar-refractivity contribution is -0.0500. The van der Waals surface area contributed by atoms with Gasteiger partial charge in [-0.15, -0.1) is 0 Å². The quantitative estimate of drug-likeness (QED) is 0.260. The number of nitrogens with one attached hydrogen (secondary N) is 1. The molecule has 10 nitrogen and oxygen atoms in total. The third-order valence-electron chi connectivity index (χ3n) is 7.64. The second-order valence-electron chi connectivity index (χ2n) is 12.7. The summed E-state index contributed by atoms with van der Waals surface area (Å²) in [4.78, 5) is 31.0. The number of aromatic nitrogens is 1. The van der Waals surface area contributed by atoms with Crippen molar-refractivity contribution in [3.63, 3.8) is 0 Å². The van der Waals surface area contributed by atoms with Gasteiger partial charge >= 0.3 is 21.7 Å². The molecule has 1 amide bonds. The molecule has 0 atom stereocenters. The van der Waals surface area contributed by atoms with Crippen molar-refractivity contribution in [2.24, 2.45) is 0 Å². The zero-order valence-corrected chi connectivity index (χ0v) is 26.7. The molecule has 1 N–H and O–H groups in total. The molecule has 0 aliphatic carbocycles. The highest BCUT2D eigenvalue weighted by atomic mass is 32.2. The highest BCUT2D eigenvalue weighted by Crippen LogP contribution is 2.42. The molecule has 45 heavy (non-hydrogen) atoms. The van der Waals surface area contributed by atoms with E-state index in [1.165, 1.54) is 17.1 Å². The van der Waals surface area contributed by atoms with Crippen LogP contribution in [0, 0.1) is 0 Å². The van der Waals surface area contributed by atoms with Gasteiger partial charge in [-0.05, 0) is 90.6 Å². The van der Waals surface area contributed by atoms with E-state index in [4.69, 9.17) is 8.92 Å². The molecule has 1 saturated heterocycles. The topological polar surface area (TPSA) is 110 Å². The molecule has 14 heteroatoms. The van der Waals surface area contributed by atoms with Crippen LogP contribution in [0.2, 0.25) is 0 Å². The zero-order valence-electron chi connectivity index (χ0n) is 25.9. The van der Waals surface area contributed by atoms with E-state index in [2.05, 4.69) is 10.2 Å². The van der Waals surface area contributed by atoms with Crippen LogP contribution in [0.3, 0.4) is 0 Å². The Morgan fingerprint density at radius 3 is 2.36 bits per heavy atom. The first-order valence-corrected chi connectivity index (χ1v) is 16.1. The number of fused-ring (bicyclic) bond motifs is 2. The van der Waals surface area contributed by atoms with Crippen molar-refractivity contribution < 1.29 is 40.1 Å². The monoisotopic (exact) mass is 650 g/mol. The molecule has 244 valence electrons. The van der Waals surface area contributed by atoms with Crippen LogP contribution in [-0.2, 0) is 34.5 Å². The van der Waals surface area contributed by atoms with Crippen molar-refractivity contribution >= 4 is 33.0 Å². The predicted octanol–water partition coefficient (Wildman–Crippen LogP) is 5.61. The fourth-order valence-corrected chi connectivity index (χ4v) is 6.35. The molecule has 0 saturated carbocycles. The van der Waals surface area contributed by atoms with E-state index in [1.54, 1.807) is 45.8 Å². The molecule has 1 aromatic heterocycles. The van der Waals surface area contributed by atoms with Crippen molar-refractivity contribution in [3.8, 4) is 17.0 Å². The number of amides is 1. The van der Waals surface area contributed by atoms with E-state index in [0.29, 0.717) is 10.9 Å². The number of alkyl halides is 3. The van der Waals surface area contributed by atoms with Gasteiger partial charge in [-0.1, -0.05) is 12.5 Å². The van der Waals surface area contributed by atoms with Gasteiger partial charge in [-0.3, -0.25) is 9.69 Å². The number of carbonyl (C=O) groups excluding carboxylic acids is 2. The lowest BCUT2D eigenvalue weighted by Gasteiger charge is -2.26. The summed E-state index contributed by atoms with van der Waals surface area (Å²) < 4.78 is 76.2. The summed E-state index contributed by atoms with van der Waals surface area (Å²) in [6, 6.07) is 8.88. The lowest BCUT2D eigenvalue weighted by atomic mass is 9.95. The van der Waals surface area contributed by atoms with Crippen LogP contribution in [0.25, 0.3) is 22.2 Å². The van der Waals surface area contributed by atoms with Crippen LogP contribution in [0.5, 0.6) is 5.75 Å². The summed E-state index contributed by atoms with van der Waals surface area (Å²) in [5.74, 6) is -1.21. The fourth-order valence-electron chi connectivity index (χ4n) is 5.83. The maximum Gasteiger partial charge on any atom is 0.534 e. The Morgan fingerprint density at radius 2 is 1.73 bits per heavy atom. The smallest absolute Gasteiger partial charge is 0.443 e. The fraction of sp³-hybridized carbons (Fsp3) is 0.484. The van der Waals surface area contributed by atoms with Gasteiger partial charge in [0.2, 0.25) is 0 Å². The molecule has 3 aromatic rings. The Labute approximate surface area is 260 Å². The molecule has 5 rings (SSSR count). The Hall–Kier alpha value is -3.62. The number of hydrogen-bond donors (Lipinski definition) is 1. The second kappa shape index (κ2) is 12.0. The Kier molecular flexibility index (Phi) is 8.70. The minimum Gasteiger partial charge on any atom is -0.443 e. The maximum absolute atomic E-state index is 13.7. The number of ether oxygens (including phenoxy) is 1. The molecule has 0 unspecified atom stereocenters. The minimum atomic E-state index is -6.05. The summed E-state index contributed by atoms with van der Waals surface area (Å²) >= 11 is 0. The molecule has 3 heterocycles. The second-order valence-corrected chi connectivity index (χ2v) is 14.3. The van der Waals surface area contributed by atoms with Gasteiger partial charge in [0.1, 0.15) is 5.60 Å². The van der Waals surface area contributed by atoms with Crippen LogP contribution in [0.4, 0.5) is 18.0 Å². The summed E-state index contributed by atoms with van der Waals surface area (Å²) in [6.45, 7) is 7.60. The van der Waals surface area contributed by atoms with Gasteiger partial charge in [-0.2, -0.15) is 21.6 Å². The number of nitrogens with zero attached hydrogens (tertiary/aromatic N) is 3. The SMILES string of the molecule is CN(C)Cc1cc(-c2cc3cc(CN4CCCCC4)ccc3n2C(=O)OC(C)(C)C)c2c(c1OS(=O)(=O)C(F)(F)F)CNC2=O. The molecule has 0 spiro atoms. The maximum atomic E-state index is 13.7. The molecule has 0 radical (unpaired) electrons. The van der Waals surface area contributed by atoms with Crippen LogP contribution in [0.15, 0.2) is 30.3 Å². The molecule has 1 fully saturated rings. The molecule has 2 aliphatic heterocycles. The highest BCUT2D eigenvalue weighted by Gasteiger charge is 2.49. The average molecular weight is 651 g/mol. The summed E-state index contributed by atoms with van der Waals surface area (Å²) in [5.41, 5.74) is -4.53. The zero-order chi connectivity index (χ0) is 32.9. The third kappa shape index (κ3) is 6.82. The van der Waals surface area contributed by atoms with Gasteiger partial charge < -0.3 is 19.1 Å². The molecule has 2 aromatic carbocycles. The van der Waals surface area contributed by atoms with E-state index >= 15 is 0 Å². The van der Waals surface area contributed by atoms with Crippen LogP contribution >= 0.6 is 0 Å². The largest absolute Gasteiger partial charge is 0.534 e. The Bertz CT molecular complexity index is 1750. The van der Waals surface area contributed by atoms with Crippen molar-refractivity contribution in [2.75, 3.05) is 27.2 Å². The summed E-state index contributed by atoms with van der Waals surface area (Å²) in [7, 11) is -2.74.